The van der Waals surface area contributed by atoms with Crippen molar-refractivity contribution in [3.63, 3.8) is 0 Å². The Kier molecular flexibility index (Phi) is 2.98. The molecule has 8 heteroatoms. The molecule has 0 aliphatic carbocycles. The van der Waals surface area contributed by atoms with Gasteiger partial charge in [-0.3, -0.25) is 9.88 Å². The molecule has 1 fully saturated rings. The van der Waals surface area contributed by atoms with Gasteiger partial charge in [0.1, 0.15) is 18.5 Å². The van der Waals surface area contributed by atoms with Crippen molar-refractivity contribution in [2.45, 2.75) is 12.3 Å². The molecule has 0 amide bonds. The molecule has 116 valence electrons. The van der Waals surface area contributed by atoms with Gasteiger partial charge in [-0.25, -0.2) is 19.7 Å². The number of nitrogens with two attached hydrogens (primary N) is 1. The third kappa shape index (κ3) is 2.20. The lowest BCUT2D eigenvalue weighted by atomic mass is 10.2. The van der Waals surface area contributed by atoms with E-state index in [0.29, 0.717) is 17.7 Å². The molecular formula is C15H14N6O2. The minimum atomic E-state index is -0.968. The first kappa shape index (κ1) is 13.6. The molecule has 0 radical (unpaired) electrons. The summed E-state index contributed by atoms with van der Waals surface area (Å²) in [6.45, 7) is 0.669. The number of hydrogen-bond acceptors (Lipinski definition) is 7. The van der Waals surface area contributed by atoms with Crippen LogP contribution in [0.15, 0.2) is 43.0 Å². The summed E-state index contributed by atoms with van der Waals surface area (Å²) in [6.07, 6.45) is 2.88. The van der Waals surface area contributed by atoms with E-state index in [1.165, 1.54) is 12.7 Å². The normalized spacial score (nSPS) is 19.7. The Morgan fingerprint density at radius 3 is 2.83 bits per heavy atom. The molecule has 1 saturated heterocycles. The molecule has 1 atom stereocenters. The maximum absolute atomic E-state index is 12.5. The van der Waals surface area contributed by atoms with Crippen LogP contribution < -0.4 is 11.1 Å². The summed E-state index contributed by atoms with van der Waals surface area (Å²) < 4.78 is 7.08. The Bertz CT molecular complexity index is 872. The van der Waals surface area contributed by atoms with Gasteiger partial charge in [-0.2, -0.15) is 0 Å². The molecule has 0 spiro atoms. The molecule has 3 heterocycles. The zero-order chi connectivity index (χ0) is 15.9. The van der Waals surface area contributed by atoms with Gasteiger partial charge in [0, 0.05) is 6.54 Å². The first-order valence-electron chi connectivity index (χ1n) is 7.11. The molecule has 4 rings (SSSR count). The van der Waals surface area contributed by atoms with Crippen molar-refractivity contribution in [3.8, 4) is 0 Å². The van der Waals surface area contributed by atoms with Crippen molar-refractivity contribution >= 4 is 23.0 Å². The number of nitrogens with zero attached hydrogens (tertiary/aromatic N) is 4. The Hall–Kier alpha value is -3.00. The summed E-state index contributed by atoms with van der Waals surface area (Å²) >= 11 is 0. The molecule has 0 saturated carbocycles. The average molecular weight is 310 g/mol. The fraction of sp³-hybridized carbons (Fsp3) is 0.200. The van der Waals surface area contributed by atoms with Crippen molar-refractivity contribution in [1.82, 2.24) is 24.8 Å². The number of fused-ring (bicyclic) bond motifs is 1. The summed E-state index contributed by atoms with van der Waals surface area (Å²) in [4.78, 5) is 24.8. The molecule has 23 heavy (non-hydrogen) atoms. The highest BCUT2D eigenvalue weighted by atomic mass is 16.5. The number of rotatable bonds is 4. The van der Waals surface area contributed by atoms with E-state index in [1.54, 1.807) is 4.57 Å². The topological polar surface area (TPSA) is 118 Å². The first-order chi connectivity index (χ1) is 11.2. The van der Waals surface area contributed by atoms with Crippen LogP contribution >= 0.6 is 0 Å². The van der Waals surface area contributed by atoms with Gasteiger partial charge < -0.3 is 10.5 Å². The Labute approximate surface area is 131 Å². The second-order valence-corrected chi connectivity index (χ2v) is 5.32. The van der Waals surface area contributed by atoms with Gasteiger partial charge in [0.15, 0.2) is 11.5 Å². The number of carbonyl (C=O) groups excluding carboxylic acids is 1. The molecule has 8 nitrogen and oxygen atoms in total. The van der Waals surface area contributed by atoms with Crippen LogP contribution in [0.5, 0.6) is 0 Å². The monoisotopic (exact) mass is 310 g/mol. The standard InChI is InChI=1S/C15H14N6O2/c16-12-11-13(18-8-17-12)21(9-19-11)15(7-20-15)14(22)23-6-10-4-2-1-3-5-10/h1-5,8-9,20H,6-7H2,(H2,16,17,18). The van der Waals surface area contributed by atoms with Crippen LogP contribution in [0, 0.1) is 0 Å². The van der Waals surface area contributed by atoms with Crippen LogP contribution in [-0.2, 0) is 21.8 Å². The Morgan fingerprint density at radius 1 is 1.30 bits per heavy atom. The van der Waals surface area contributed by atoms with Crippen molar-refractivity contribution in [2.24, 2.45) is 0 Å². The molecule has 1 aliphatic rings. The van der Waals surface area contributed by atoms with Crippen molar-refractivity contribution in [3.05, 3.63) is 48.5 Å². The van der Waals surface area contributed by atoms with Crippen molar-refractivity contribution < 1.29 is 9.53 Å². The largest absolute Gasteiger partial charge is 0.458 e. The SMILES string of the molecule is Nc1ncnc2c1ncn2C1(C(=O)OCc2ccccc2)CN1. The molecule has 1 unspecified atom stereocenters. The summed E-state index contributed by atoms with van der Waals surface area (Å²) in [7, 11) is 0. The van der Waals surface area contributed by atoms with E-state index in [1.807, 2.05) is 30.3 Å². The molecule has 0 bridgehead atoms. The van der Waals surface area contributed by atoms with Crippen LogP contribution in [0.1, 0.15) is 5.56 Å². The summed E-state index contributed by atoms with van der Waals surface area (Å²) in [6, 6.07) is 9.52. The highest BCUT2D eigenvalue weighted by Gasteiger charge is 2.54. The van der Waals surface area contributed by atoms with E-state index < -0.39 is 5.66 Å². The number of ether oxygens (including phenoxy) is 1. The predicted octanol–water partition coefficient (Wildman–Crippen LogP) is 0.408. The van der Waals surface area contributed by atoms with E-state index in [0.717, 1.165) is 5.56 Å². The highest BCUT2D eigenvalue weighted by Crippen LogP contribution is 2.30. The smallest absolute Gasteiger partial charge is 0.349 e. The zero-order valence-corrected chi connectivity index (χ0v) is 12.1. The molecular weight excluding hydrogens is 296 g/mol. The number of esters is 1. The second-order valence-electron chi connectivity index (χ2n) is 5.32. The Balaban J connectivity index is 1.60. The molecule has 3 aromatic rings. The quantitative estimate of drug-likeness (QED) is 0.529. The summed E-state index contributed by atoms with van der Waals surface area (Å²) in [5, 5.41) is 3.05. The third-order valence-corrected chi connectivity index (χ3v) is 3.84. The predicted molar refractivity (Wildman–Crippen MR) is 82.0 cm³/mol. The lowest BCUT2D eigenvalue weighted by Crippen LogP contribution is -2.34. The van der Waals surface area contributed by atoms with Crippen LogP contribution in [0.4, 0.5) is 5.82 Å². The lowest BCUT2D eigenvalue weighted by Gasteiger charge is -2.15. The number of nitrogens with one attached hydrogen (secondary N) is 1. The first-order valence-corrected chi connectivity index (χ1v) is 7.11. The molecule has 3 N–H and O–H groups in total. The van der Waals surface area contributed by atoms with Crippen LogP contribution in [0.3, 0.4) is 0 Å². The number of aromatic nitrogens is 4. The third-order valence-electron chi connectivity index (χ3n) is 3.84. The number of nitrogen functional groups attached to an aromatic ring is 1. The Morgan fingerprint density at radius 2 is 2.09 bits per heavy atom. The molecule has 1 aliphatic heterocycles. The van der Waals surface area contributed by atoms with E-state index in [2.05, 4.69) is 20.3 Å². The maximum Gasteiger partial charge on any atom is 0.349 e. The fourth-order valence-corrected chi connectivity index (χ4v) is 2.47. The summed E-state index contributed by atoms with van der Waals surface area (Å²) in [5.41, 5.74) is 6.71. The van der Waals surface area contributed by atoms with Gasteiger partial charge in [-0.15, -0.1) is 0 Å². The highest BCUT2D eigenvalue weighted by molar-refractivity contribution is 5.87. The number of imidazole rings is 1. The van der Waals surface area contributed by atoms with Crippen LogP contribution in [0.2, 0.25) is 0 Å². The fourth-order valence-electron chi connectivity index (χ4n) is 2.47. The number of benzene rings is 1. The minimum absolute atomic E-state index is 0.215. The van der Waals surface area contributed by atoms with E-state index in [4.69, 9.17) is 10.5 Å². The number of hydrogen-bond donors (Lipinski definition) is 2. The van der Waals surface area contributed by atoms with Gasteiger partial charge >= 0.3 is 5.97 Å². The van der Waals surface area contributed by atoms with Crippen LogP contribution in [0.25, 0.3) is 11.2 Å². The number of anilines is 1. The van der Waals surface area contributed by atoms with Gasteiger partial charge in [-0.1, -0.05) is 30.3 Å². The second kappa shape index (κ2) is 5.03. The van der Waals surface area contributed by atoms with E-state index >= 15 is 0 Å². The van der Waals surface area contributed by atoms with Crippen molar-refractivity contribution in [1.29, 1.82) is 0 Å². The lowest BCUT2D eigenvalue weighted by molar-refractivity contribution is -0.150. The van der Waals surface area contributed by atoms with E-state index in [-0.39, 0.29) is 18.4 Å². The molecule has 1 aromatic carbocycles. The zero-order valence-electron chi connectivity index (χ0n) is 12.1. The summed E-state index contributed by atoms with van der Waals surface area (Å²) in [5.74, 6) is -0.0972. The van der Waals surface area contributed by atoms with Gasteiger partial charge in [0.25, 0.3) is 0 Å². The van der Waals surface area contributed by atoms with Crippen molar-refractivity contribution in [2.75, 3.05) is 12.3 Å². The van der Waals surface area contributed by atoms with Gasteiger partial charge in [-0.05, 0) is 5.56 Å². The van der Waals surface area contributed by atoms with E-state index in [9.17, 15) is 4.79 Å². The maximum atomic E-state index is 12.5. The van der Waals surface area contributed by atoms with Crippen LogP contribution in [-0.4, -0.2) is 32.0 Å². The average Bonchev–Trinajstić information content (AvgIpc) is 3.27. The number of carbonyl (C=O) groups is 1. The van der Waals surface area contributed by atoms with Gasteiger partial charge in [0.05, 0.1) is 6.33 Å². The molecule has 2 aromatic heterocycles. The minimum Gasteiger partial charge on any atom is -0.458 e. The van der Waals surface area contributed by atoms with Gasteiger partial charge in [0.2, 0.25) is 5.66 Å².